The second kappa shape index (κ2) is 8.19. The normalized spacial score (nSPS) is 10.2. The molecule has 2 amide bonds. The van der Waals surface area contributed by atoms with Crippen LogP contribution in [0.3, 0.4) is 0 Å². The summed E-state index contributed by atoms with van der Waals surface area (Å²) in [6, 6.07) is 4.58. The maximum atomic E-state index is 11.5. The second-order valence-electron chi connectivity index (χ2n) is 3.59. The van der Waals surface area contributed by atoms with Crippen molar-refractivity contribution in [3.63, 3.8) is 0 Å². The Morgan fingerprint density at radius 1 is 1.28 bits per heavy atom. The van der Waals surface area contributed by atoms with E-state index in [2.05, 4.69) is 10.6 Å². The number of hydrogen-bond acceptors (Lipinski definition) is 2. The Hall–Kier alpha value is -0.970. The number of carbonyl (C=O) groups is 1. The highest BCUT2D eigenvalue weighted by molar-refractivity contribution is 6.35. The van der Waals surface area contributed by atoms with Crippen LogP contribution in [0.5, 0.6) is 0 Å². The zero-order valence-corrected chi connectivity index (χ0v) is 11.6. The van der Waals surface area contributed by atoms with Crippen molar-refractivity contribution in [1.29, 1.82) is 0 Å². The molecule has 0 aliphatic carbocycles. The molecule has 0 saturated heterocycles. The van der Waals surface area contributed by atoms with E-state index in [0.717, 1.165) is 6.42 Å². The summed E-state index contributed by atoms with van der Waals surface area (Å²) in [6.07, 6.45) is 0.775. The van der Waals surface area contributed by atoms with Gasteiger partial charge in [0, 0.05) is 35.5 Å². The summed E-state index contributed by atoms with van der Waals surface area (Å²) in [5.74, 6) is 0. The SMILES string of the molecule is CCOCCCNC(=O)Nc1cc(Cl)cc(Cl)c1. The Balaban J connectivity index is 2.31. The molecule has 0 atom stereocenters. The van der Waals surface area contributed by atoms with E-state index in [0.29, 0.717) is 35.5 Å². The molecule has 6 heteroatoms. The second-order valence-corrected chi connectivity index (χ2v) is 4.46. The van der Waals surface area contributed by atoms with Gasteiger partial charge in [-0.15, -0.1) is 0 Å². The van der Waals surface area contributed by atoms with E-state index in [1.54, 1.807) is 18.2 Å². The fourth-order valence-corrected chi connectivity index (χ4v) is 1.85. The number of benzene rings is 1. The van der Waals surface area contributed by atoms with Gasteiger partial charge in [-0.25, -0.2) is 4.79 Å². The van der Waals surface area contributed by atoms with Gasteiger partial charge in [-0.3, -0.25) is 0 Å². The van der Waals surface area contributed by atoms with Gasteiger partial charge in [-0.1, -0.05) is 23.2 Å². The third-order valence-electron chi connectivity index (χ3n) is 2.08. The van der Waals surface area contributed by atoms with E-state index < -0.39 is 0 Å². The van der Waals surface area contributed by atoms with E-state index in [1.807, 2.05) is 6.92 Å². The molecular weight excluding hydrogens is 275 g/mol. The third kappa shape index (κ3) is 6.10. The molecule has 1 aromatic rings. The minimum Gasteiger partial charge on any atom is -0.382 e. The molecule has 100 valence electrons. The predicted molar refractivity (Wildman–Crippen MR) is 74.6 cm³/mol. The Labute approximate surface area is 117 Å². The van der Waals surface area contributed by atoms with Gasteiger partial charge in [0.2, 0.25) is 0 Å². The lowest BCUT2D eigenvalue weighted by Crippen LogP contribution is -2.30. The first-order valence-electron chi connectivity index (χ1n) is 5.70. The minimum atomic E-state index is -0.287. The van der Waals surface area contributed by atoms with Crippen LogP contribution in [-0.4, -0.2) is 25.8 Å². The number of ether oxygens (including phenoxy) is 1. The lowest BCUT2D eigenvalue weighted by atomic mass is 10.3. The zero-order valence-electron chi connectivity index (χ0n) is 10.1. The molecule has 0 aromatic heterocycles. The van der Waals surface area contributed by atoms with Gasteiger partial charge in [0.05, 0.1) is 0 Å². The van der Waals surface area contributed by atoms with Gasteiger partial charge in [0.15, 0.2) is 0 Å². The number of halogens is 2. The summed E-state index contributed by atoms with van der Waals surface area (Å²) < 4.78 is 5.16. The molecule has 0 fully saturated rings. The molecule has 1 aromatic carbocycles. The van der Waals surface area contributed by atoms with Crippen molar-refractivity contribution in [2.24, 2.45) is 0 Å². The average molecular weight is 291 g/mol. The van der Waals surface area contributed by atoms with E-state index in [1.165, 1.54) is 0 Å². The van der Waals surface area contributed by atoms with Crippen molar-refractivity contribution in [2.45, 2.75) is 13.3 Å². The molecule has 0 saturated carbocycles. The van der Waals surface area contributed by atoms with Crippen molar-refractivity contribution >= 4 is 34.9 Å². The number of carbonyl (C=O) groups excluding carboxylic acids is 1. The van der Waals surface area contributed by atoms with Gasteiger partial charge in [0.1, 0.15) is 0 Å². The van der Waals surface area contributed by atoms with E-state index >= 15 is 0 Å². The van der Waals surface area contributed by atoms with Gasteiger partial charge in [-0.05, 0) is 31.5 Å². The highest BCUT2D eigenvalue weighted by Crippen LogP contribution is 2.22. The fraction of sp³-hybridized carbons (Fsp3) is 0.417. The number of hydrogen-bond donors (Lipinski definition) is 2. The standard InChI is InChI=1S/C12H16Cl2N2O2/c1-2-18-5-3-4-15-12(17)16-11-7-9(13)6-10(14)8-11/h6-8H,2-5H2,1H3,(H2,15,16,17). The smallest absolute Gasteiger partial charge is 0.319 e. The van der Waals surface area contributed by atoms with Crippen LogP contribution in [0.25, 0.3) is 0 Å². The van der Waals surface area contributed by atoms with Crippen LogP contribution in [-0.2, 0) is 4.74 Å². The van der Waals surface area contributed by atoms with Crippen LogP contribution in [0.2, 0.25) is 10.0 Å². The number of anilines is 1. The van der Waals surface area contributed by atoms with Crippen molar-refractivity contribution in [3.8, 4) is 0 Å². The van der Waals surface area contributed by atoms with Crippen LogP contribution >= 0.6 is 23.2 Å². The molecule has 1 rings (SSSR count). The van der Waals surface area contributed by atoms with Crippen molar-refractivity contribution < 1.29 is 9.53 Å². The number of amides is 2. The zero-order chi connectivity index (χ0) is 13.4. The van der Waals surface area contributed by atoms with Gasteiger partial charge < -0.3 is 15.4 Å². The first-order chi connectivity index (χ1) is 8.61. The van der Waals surface area contributed by atoms with E-state index in [-0.39, 0.29) is 6.03 Å². The summed E-state index contributed by atoms with van der Waals surface area (Å²) in [5.41, 5.74) is 0.565. The molecule has 0 aliphatic rings. The molecule has 0 bridgehead atoms. The molecule has 0 unspecified atom stereocenters. The number of rotatable bonds is 6. The van der Waals surface area contributed by atoms with Crippen LogP contribution in [0, 0.1) is 0 Å². The van der Waals surface area contributed by atoms with Gasteiger partial charge in [-0.2, -0.15) is 0 Å². The molecule has 0 heterocycles. The van der Waals surface area contributed by atoms with Crippen LogP contribution < -0.4 is 10.6 Å². The van der Waals surface area contributed by atoms with Gasteiger partial charge in [0.25, 0.3) is 0 Å². The minimum absolute atomic E-state index is 0.287. The molecule has 4 nitrogen and oxygen atoms in total. The van der Waals surface area contributed by atoms with Crippen molar-refractivity contribution in [3.05, 3.63) is 28.2 Å². The largest absolute Gasteiger partial charge is 0.382 e. The lowest BCUT2D eigenvalue weighted by molar-refractivity contribution is 0.145. The van der Waals surface area contributed by atoms with E-state index in [4.69, 9.17) is 27.9 Å². The summed E-state index contributed by atoms with van der Waals surface area (Å²) in [6.45, 7) is 3.82. The summed E-state index contributed by atoms with van der Waals surface area (Å²) >= 11 is 11.6. The Morgan fingerprint density at radius 3 is 2.56 bits per heavy atom. The first-order valence-corrected chi connectivity index (χ1v) is 6.46. The molecular formula is C12H16Cl2N2O2. The van der Waals surface area contributed by atoms with Crippen molar-refractivity contribution in [1.82, 2.24) is 5.32 Å². The average Bonchev–Trinajstić information content (AvgIpc) is 2.27. The molecule has 2 N–H and O–H groups in total. The van der Waals surface area contributed by atoms with Crippen LogP contribution in [0.15, 0.2) is 18.2 Å². The van der Waals surface area contributed by atoms with Crippen molar-refractivity contribution in [2.75, 3.05) is 25.1 Å². The van der Waals surface area contributed by atoms with Crippen LogP contribution in [0.1, 0.15) is 13.3 Å². The predicted octanol–water partition coefficient (Wildman–Crippen LogP) is 3.54. The molecule has 0 spiro atoms. The molecule has 18 heavy (non-hydrogen) atoms. The quantitative estimate of drug-likeness (QED) is 0.788. The monoisotopic (exact) mass is 290 g/mol. The number of urea groups is 1. The topological polar surface area (TPSA) is 50.4 Å². The van der Waals surface area contributed by atoms with Gasteiger partial charge >= 0.3 is 6.03 Å². The summed E-state index contributed by atoms with van der Waals surface area (Å²) in [5, 5.41) is 6.33. The van der Waals surface area contributed by atoms with Crippen LogP contribution in [0.4, 0.5) is 10.5 Å². The number of nitrogens with one attached hydrogen (secondary N) is 2. The van der Waals surface area contributed by atoms with E-state index in [9.17, 15) is 4.79 Å². The summed E-state index contributed by atoms with van der Waals surface area (Å²) in [4.78, 5) is 11.5. The Morgan fingerprint density at radius 2 is 1.94 bits per heavy atom. The highest BCUT2D eigenvalue weighted by Gasteiger charge is 2.03. The highest BCUT2D eigenvalue weighted by atomic mass is 35.5. The Bertz CT molecular complexity index is 379. The summed E-state index contributed by atoms with van der Waals surface area (Å²) in [7, 11) is 0. The maximum Gasteiger partial charge on any atom is 0.319 e. The first kappa shape index (κ1) is 15.1. The molecule has 0 radical (unpaired) electrons. The fourth-order valence-electron chi connectivity index (χ4n) is 1.32. The maximum absolute atomic E-state index is 11.5. The third-order valence-corrected chi connectivity index (χ3v) is 2.51. The lowest BCUT2D eigenvalue weighted by Gasteiger charge is -2.08. The Kier molecular flexibility index (Phi) is 6.86. The molecule has 0 aliphatic heterocycles.